The molecule has 0 bridgehead atoms. The maximum absolute atomic E-state index is 11.5. The Morgan fingerprint density at radius 1 is 1.41 bits per heavy atom. The molecule has 0 aliphatic heterocycles. The van der Waals surface area contributed by atoms with Crippen LogP contribution in [0.15, 0.2) is 33.6 Å². The van der Waals surface area contributed by atoms with Crippen LogP contribution in [0, 0.1) is 0 Å². The molecule has 1 aromatic rings. The number of benzene rings is 1. The van der Waals surface area contributed by atoms with Crippen molar-refractivity contribution in [1.82, 2.24) is 0 Å². The molecule has 0 heterocycles. The first-order chi connectivity index (χ1) is 8.03. The molecule has 1 aromatic carbocycles. The average molecular weight is 255 g/mol. The molecule has 0 saturated heterocycles. The van der Waals surface area contributed by atoms with E-state index in [0.717, 1.165) is 6.08 Å². The van der Waals surface area contributed by atoms with Gasteiger partial charge in [-0.2, -0.15) is 8.42 Å². The van der Waals surface area contributed by atoms with Crippen LogP contribution in [0.25, 0.3) is 0 Å². The molecule has 0 N–H and O–H groups in total. The van der Waals surface area contributed by atoms with Crippen molar-refractivity contribution in [3.05, 3.63) is 29.8 Å². The van der Waals surface area contributed by atoms with Gasteiger partial charge in [0.25, 0.3) is 16.1 Å². The number of ether oxygens (including phenoxy) is 1. The number of hydrogen-bond donors (Lipinski definition) is 0. The minimum absolute atomic E-state index is 0.115. The van der Waals surface area contributed by atoms with Crippen LogP contribution in [-0.2, 0) is 19.6 Å². The molecule has 0 aromatic heterocycles. The molecule has 6 nitrogen and oxygen atoms in total. The van der Waals surface area contributed by atoms with Crippen molar-refractivity contribution in [3.63, 3.8) is 0 Å². The standard InChI is InChI=1S/C10H9NO5S/c1-2-16-10(13)8-5-3-4-6-9(8)17(14,15)11-7-12/h3-6H,2H2,1H3. The molecule has 0 aliphatic carbocycles. The topological polar surface area (TPSA) is 89.9 Å². The van der Waals surface area contributed by atoms with E-state index in [4.69, 9.17) is 4.74 Å². The molecule has 90 valence electrons. The second-order valence-electron chi connectivity index (χ2n) is 2.87. The lowest BCUT2D eigenvalue weighted by Gasteiger charge is -2.05. The summed E-state index contributed by atoms with van der Waals surface area (Å²) in [5.41, 5.74) is -0.159. The van der Waals surface area contributed by atoms with Crippen molar-refractivity contribution < 1.29 is 22.7 Å². The molecule has 0 unspecified atom stereocenters. The Hall–Kier alpha value is -1.98. The molecule has 17 heavy (non-hydrogen) atoms. The number of nitrogens with zero attached hydrogens (tertiary/aromatic N) is 1. The van der Waals surface area contributed by atoms with Crippen LogP contribution < -0.4 is 0 Å². The Kier molecular flexibility index (Phi) is 4.14. The Bertz CT molecular complexity index is 572. The second-order valence-corrected chi connectivity index (χ2v) is 4.45. The van der Waals surface area contributed by atoms with Crippen LogP contribution in [0.4, 0.5) is 0 Å². The maximum Gasteiger partial charge on any atom is 0.339 e. The molecular weight excluding hydrogens is 246 g/mol. The number of esters is 1. The van der Waals surface area contributed by atoms with E-state index in [2.05, 4.69) is 4.40 Å². The summed E-state index contributed by atoms with van der Waals surface area (Å²) in [6, 6.07) is 5.35. The predicted molar refractivity (Wildman–Crippen MR) is 57.7 cm³/mol. The molecule has 0 saturated carbocycles. The highest BCUT2D eigenvalue weighted by molar-refractivity contribution is 7.90. The number of rotatable bonds is 4. The predicted octanol–water partition coefficient (Wildman–Crippen LogP) is 0.888. The zero-order chi connectivity index (χ0) is 12.9. The Morgan fingerprint density at radius 3 is 2.65 bits per heavy atom. The minimum atomic E-state index is -4.20. The van der Waals surface area contributed by atoms with Crippen LogP contribution in [0.2, 0.25) is 0 Å². The smallest absolute Gasteiger partial charge is 0.339 e. The van der Waals surface area contributed by atoms with Gasteiger partial charge in [0.2, 0.25) is 0 Å². The van der Waals surface area contributed by atoms with E-state index in [1.807, 2.05) is 0 Å². The number of carbonyl (C=O) groups is 1. The van der Waals surface area contributed by atoms with E-state index in [-0.39, 0.29) is 17.1 Å². The van der Waals surface area contributed by atoms with Gasteiger partial charge in [-0.1, -0.05) is 16.5 Å². The Balaban J connectivity index is 3.36. The highest BCUT2D eigenvalue weighted by Gasteiger charge is 2.22. The van der Waals surface area contributed by atoms with Gasteiger partial charge in [-0.05, 0) is 19.1 Å². The first-order valence-corrected chi connectivity index (χ1v) is 6.07. The molecule has 1 rings (SSSR count). The summed E-state index contributed by atoms with van der Waals surface area (Å²) >= 11 is 0. The van der Waals surface area contributed by atoms with E-state index < -0.39 is 16.0 Å². The summed E-state index contributed by atoms with van der Waals surface area (Å²) < 4.78 is 30.4. The monoisotopic (exact) mass is 255 g/mol. The first-order valence-electron chi connectivity index (χ1n) is 4.63. The van der Waals surface area contributed by atoms with Gasteiger partial charge >= 0.3 is 5.97 Å². The van der Waals surface area contributed by atoms with E-state index >= 15 is 0 Å². The summed E-state index contributed by atoms with van der Waals surface area (Å²) in [5, 5.41) is 0. The molecule has 0 radical (unpaired) electrons. The van der Waals surface area contributed by atoms with E-state index in [0.29, 0.717) is 0 Å². The van der Waals surface area contributed by atoms with E-state index in [1.165, 1.54) is 24.3 Å². The first kappa shape index (κ1) is 13.1. The average Bonchev–Trinajstić information content (AvgIpc) is 2.29. The lowest BCUT2D eigenvalue weighted by molar-refractivity contribution is 0.0522. The summed E-state index contributed by atoms with van der Waals surface area (Å²) in [6.07, 6.45) is 0.940. The van der Waals surface area contributed by atoms with E-state index in [9.17, 15) is 18.0 Å². The number of isocyanates is 1. The van der Waals surface area contributed by atoms with Gasteiger partial charge in [-0.3, -0.25) is 0 Å². The SMILES string of the molecule is CCOC(=O)c1ccccc1S(=O)(=O)N=C=O. The van der Waals surface area contributed by atoms with Gasteiger partial charge in [0, 0.05) is 0 Å². The van der Waals surface area contributed by atoms with Crippen molar-refractivity contribution in [3.8, 4) is 0 Å². The van der Waals surface area contributed by atoms with Gasteiger partial charge in [0.15, 0.2) is 0 Å². The fourth-order valence-corrected chi connectivity index (χ4v) is 2.04. The summed E-state index contributed by atoms with van der Waals surface area (Å²) in [4.78, 5) is 21.1. The molecule has 0 atom stereocenters. The molecule has 0 aliphatic rings. The maximum atomic E-state index is 11.5. The van der Waals surface area contributed by atoms with Crippen molar-refractivity contribution in [2.24, 2.45) is 4.40 Å². The fourth-order valence-electron chi connectivity index (χ4n) is 1.17. The van der Waals surface area contributed by atoms with Gasteiger partial charge in [-0.15, -0.1) is 0 Å². The van der Waals surface area contributed by atoms with Crippen LogP contribution in [-0.4, -0.2) is 27.1 Å². The van der Waals surface area contributed by atoms with Crippen molar-refractivity contribution in [2.45, 2.75) is 11.8 Å². The summed E-state index contributed by atoms with van der Waals surface area (Å²) in [6.45, 7) is 1.71. The molecule has 0 spiro atoms. The Labute approximate surface area is 98.0 Å². The van der Waals surface area contributed by atoms with Crippen LogP contribution in [0.1, 0.15) is 17.3 Å². The molecule has 7 heteroatoms. The molecule has 0 amide bonds. The Morgan fingerprint density at radius 2 is 2.06 bits per heavy atom. The lowest BCUT2D eigenvalue weighted by atomic mass is 10.2. The number of sulfonamides is 1. The van der Waals surface area contributed by atoms with Gasteiger partial charge in [0.05, 0.1) is 12.2 Å². The number of carbonyl (C=O) groups excluding carboxylic acids is 2. The third-order valence-corrected chi connectivity index (χ3v) is 3.04. The second kappa shape index (κ2) is 5.38. The normalized spacial score (nSPS) is 10.4. The van der Waals surface area contributed by atoms with E-state index in [1.54, 1.807) is 6.92 Å². The van der Waals surface area contributed by atoms with Crippen LogP contribution >= 0.6 is 0 Å². The fraction of sp³-hybridized carbons (Fsp3) is 0.200. The molecule has 0 fully saturated rings. The summed E-state index contributed by atoms with van der Waals surface area (Å²) in [7, 11) is -4.20. The van der Waals surface area contributed by atoms with Crippen molar-refractivity contribution in [2.75, 3.05) is 6.61 Å². The largest absolute Gasteiger partial charge is 0.462 e. The van der Waals surface area contributed by atoms with Crippen LogP contribution in [0.3, 0.4) is 0 Å². The highest BCUT2D eigenvalue weighted by atomic mass is 32.2. The van der Waals surface area contributed by atoms with Gasteiger partial charge in [-0.25, -0.2) is 9.59 Å². The zero-order valence-corrected chi connectivity index (χ0v) is 9.73. The van der Waals surface area contributed by atoms with Gasteiger partial charge in [0.1, 0.15) is 4.90 Å². The lowest BCUT2D eigenvalue weighted by Crippen LogP contribution is -2.10. The quantitative estimate of drug-likeness (QED) is 0.452. The molecular formula is C10H9NO5S. The van der Waals surface area contributed by atoms with Gasteiger partial charge < -0.3 is 4.74 Å². The number of hydrogen-bond acceptors (Lipinski definition) is 5. The minimum Gasteiger partial charge on any atom is -0.462 e. The zero-order valence-electron chi connectivity index (χ0n) is 8.91. The highest BCUT2D eigenvalue weighted by Crippen LogP contribution is 2.18. The third-order valence-electron chi connectivity index (χ3n) is 1.82. The van der Waals surface area contributed by atoms with Crippen molar-refractivity contribution >= 4 is 22.1 Å². The summed E-state index contributed by atoms with van der Waals surface area (Å²) in [5.74, 6) is -0.784. The van der Waals surface area contributed by atoms with Crippen molar-refractivity contribution in [1.29, 1.82) is 0 Å². The third kappa shape index (κ3) is 2.99. The van der Waals surface area contributed by atoms with Crippen LogP contribution in [0.5, 0.6) is 0 Å².